The number of rotatable bonds is 10. The number of halogens is 1. The van der Waals surface area contributed by atoms with Gasteiger partial charge in [0, 0.05) is 24.9 Å². The number of carbonyl (C=O) groups excluding carboxylic acids is 2. The average Bonchev–Trinajstić information content (AvgIpc) is 2.70. The summed E-state index contributed by atoms with van der Waals surface area (Å²) in [6.45, 7) is 5.08. The van der Waals surface area contributed by atoms with Crippen molar-refractivity contribution in [2.24, 2.45) is 0 Å². The zero-order valence-electron chi connectivity index (χ0n) is 17.7. The van der Waals surface area contributed by atoms with Gasteiger partial charge in [0.15, 0.2) is 11.4 Å². The van der Waals surface area contributed by atoms with Crippen molar-refractivity contribution in [1.82, 2.24) is 0 Å². The second-order valence-electron chi connectivity index (χ2n) is 6.89. The highest BCUT2D eigenvalue weighted by molar-refractivity contribution is 6.31. The summed E-state index contributed by atoms with van der Waals surface area (Å²) in [5.41, 5.74) is 0.0943. The van der Waals surface area contributed by atoms with E-state index in [4.69, 9.17) is 21.1 Å². The van der Waals surface area contributed by atoms with Crippen molar-refractivity contribution in [2.75, 3.05) is 11.5 Å². The Morgan fingerprint density at radius 2 is 1.90 bits per heavy atom. The number of hydrogen-bond donors (Lipinski definition) is 0. The number of para-hydroxylation sites is 1. The van der Waals surface area contributed by atoms with Crippen molar-refractivity contribution in [1.29, 1.82) is 0 Å². The number of benzene rings is 2. The number of amides is 1. The lowest BCUT2D eigenvalue weighted by Crippen LogP contribution is -2.29. The molecular weight excluding hydrogens is 424 g/mol. The fraction of sp³-hybridized carbons (Fsp3) is 0.364. The lowest BCUT2D eigenvalue weighted by Gasteiger charge is -2.23. The van der Waals surface area contributed by atoms with Gasteiger partial charge in [-0.3, -0.25) is 24.6 Å². The summed E-state index contributed by atoms with van der Waals surface area (Å²) in [5, 5.41) is 11.9. The van der Waals surface area contributed by atoms with Gasteiger partial charge >= 0.3 is 5.97 Å². The van der Waals surface area contributed by atoms with E-state index in [1.807, 2.05) is 0 Å². The number of nitrogens with zero attached hydrogens (tertiary/aromatic N) is 2. The van der Waals surface area contributed by atoms with E-state index in [0.29, 0.717) is 22.9 Å². The topological polar surface area (TPSA) is 99.0 Å². The summed E-state index contributed by atoms with van der Waals surface area (Å²) >= 11 is 6.39. The van der Waals surface area contributed by atoms with Gasteiger partial charge in [-0.2, -0.15) is 0 Å². The van der Waals surface area contributed by atoms with Gasteiger partial charge in [0.1, 0.15) is 5.75 Å². The molecule has 0 aromatic heterocycles. The first-order valence-electron chi connectivity index (χ1n) is 9.89. The van der Waals surface area contributed by atoms with E-state index < -0.39 is 16.8 Å². The highest BCUT2D eigenvalue weighted by Gasteiger charge is 2.28. The van der Waals surface area contributed by atoms with E-state index in [2.05, 4.69) is 6.92 Å². The average molecular weight is 449 g/mol. The minimum absolute atomic E-state index is 0.0522. The van der Waals surface area contributed by atoms with Crippen LogP contribution in [0.1, 0.15) is 45.6 Å². The third-order valence-electron chi connectivity index (χ3n) is 4.45. The summed E-state index contributed by atoms with van der Waals surface area (Å²) in [6, 6.07) is 9.11. The second kappa shape index (κ2) is 11.3. The Balaban J connectivity index is 2.37. The Hall–Kier alpha value is -3.13. The van der Waals surface area contributed by atoms with Crippen molar-refractivity contribution in [3.63, 3.8) is 0 Å². The molecule has 0 N–H and O–H groups in total. The highest BCUT2D eigenvalue weighted by atomic mass is 35.5. The third-order valence-corrected chi connectivity index (χ3v) is 4.80. The van der Waals surface area contributed by atoms with Gasteiger partial charge in [0.2, 0.25) is 5.91 Å². The van der Waals surface area contributed by atoms with Crippen molar-refractivity contribution in [3.8, 4) is 11.5 Å². The molecule has 2 aromatic carbocycles. The normalized spacial score (nSPS) is 10.5. The SMILES string of the molecule is CCCCCOc1ccc(CN(C(C)=O)c2c(OC(C)=O)cccc2[N+](=O)[O-])c(Cl)c1. The first-order chi connectivity index (χ1) is 14.7. The molecule has 2 aromatic rings. The number of ether oxygens (including phenoxy) is 2. The molecule has 0 saturated heterocycles. The predicted molar refractivity (Wildman–Crippen MR) is 118 cm³/mol. The number of hydrogen-bond acceptors (Lipinski definition) is 6. The van der Waals surface area contributed by atoms with Crippen molar-refractivity contribution < 1.29 is 24.0 Å². The maximum absolute atomic E-state index is 12.4. The maximum atomic E-state index is 12.4. The molecule has 0 bridgehead atoms. The molecule has 9 heteroatoms. The zero-order chi connectivity index (χ0) is 23.0. The van der Waals surface area contributed by atoms with Gasteiger partial charge < -0.3 is 9.47 Å². The molecule has 0 aliphatic heterocycles. The molecule has 0 saturated carbocycles. The van der Waals surface area contributed by atoms with E-state index in [9.17, 15) is 19.7 Å². The predicted octanol–water partition coefficient (Wildman–Crippen LogP) is 5.30. The Bertz CT molecular complexity index is 963. The van der Waals surface area contributed by atoms with Gasteiger partial charge in [-0.25, -0.2) is 0 Å². The van der Waals surface area contributed by atoms with Crippen LogP contribution in [0.5, 0.6) is 11.5 Å². The number of nitro benzene ring substituents is 1. The van der Waals surface area contributed by atoms with Crippen LogP contribution in [-0.4, -0.2) is 23.4 Å². The second-order valence-corrected chi connectivity index (χ2v) is 7.30. The lowest BCUT2D eigenvalue weighted by atomic mass is 10.1. The van der Waals surface area contributed by atoms with Gasteiger partial charge in [0.25, 0.3) is 5.69 Å². The summed E-state index contributed by atoms with van der Waals surface area (Å²) in [5.74, 6) is -0.610. The monoisotopic (exact) mass is 448 g/mol. The maximum Gasteiger partial charge on any atom is 0.308 e. The quantitative estimate of drug-likeness (QED) is 0.161. The molecule has 0 fully saturated rings. The third kappa shape index (κ3) is 6.68. The molecule has 31 heavy (non-hydrogen) atoms. The fourth-order valence-electron chi connectivity index (χ4n) is 2.97. The van der Waals surface area contributed by atoms with Gasteiger partial charge in [-0.15, -0.1) is 0 Å². The smallest absolute Gasteiger partial charge is 0.308 e. The summed E-state index contributed by atoms with van der Waals surface area (Å²) < 4.78 is 10.8. The summed E-state index contributed by atoms with van der Waals surface area (Å²) in [7, 11) is 0. The Kier molecular flexibility index (Phi) is 8.81. The van der Waals surface area contributed by atoms with E-state index in [1.165, 1.54) is 36.9 Å². The number of unbranched alkanes of at least 4 members (excludes halogenated alkanes) is 2. The van der Waals surface area contributed by atoms with Crippen LogP contribution in [0.4, 0.5) is 11.4 Å². The lowest BCUT2D eigenvalue weighted by molar-refractivity contribution is -0.384. The van der Waals surface area contributed by atoms with Crippen LogP contribution in [0.25, 0.3) is 0 Å². The van der Waals surface area contributed by atoms with Crippen LogP contribution in [0.2, 0.25) is 5.02 Å². The number of anilines is 1. The first kappa shape index (κ1) is 24.1. The standard InChI is InChI=1S/C22H25ClN2O6/c1-4-5-6-12-30-18-11-10-17(19(23)13-18)14-24(15(2)26)22-20(25(28)29)8-7-9-21(22)31-16(3)27/h7-11,13H,4-6,12,14H2,1-3H3. The summed E-state index contributed by atoms with van der Waals surface area (Å²) in [4.78, 5) is 36.0. The number of esters is 1. The Labute approximate surface area is 185 Å². The summed E-state index contributed by atoms with van der Waals surface area (Å²) in [6.07, 6.45) is 3.09. The molecule has 0 unspecified atom stereocenters. The van der Waals surface area contributed by atoms with Gasteiger partial charge in [-0.1, -0.05) is 43.5 Å². The van der Waals surface area contributed by atoms with Gasteiger partial charge in [-0.05, 0) is 30.2 Å². The minimum Gasteiger partial charge on any atom is -0.494 e. The number of carbonyl (C=O) groups is 2. The fourth-order valence-corrected chi connectivity index (χ4v) is 3.20. The highest BCUT2D eigenvalue weighted by Crippen LogP contribution is 2.39. The zero-order valence-corrected chi connectivity index (χ0v) is 18.5. The van der Waals surface area contributed by atoms with Crippen molar-refractivity contribution in [2.45, 2.75) is 46.6 Å². The molecule has 0 atom stereocenters. The first-order valence-corrected chi connectivity index (χ1v) is 10.3. The molecule has 166 valence electrons. The van der Waals surface area contributed by atoms with E-state index >= 15 is 0 Å². The number of nitro groups is 1. The molecule has 1 amide bonds. The van der Waals surface area contributed by atoms with Crippen molar-refractivity contribution >= 4 is 34.9 Å². The molecule has 0 heterocycles. The molecule has 2 rings (SSSR count). The Morgan fingerprint density at radius 1 is 1.16 bits per heavy atom. The molecule has 0 aliphatic carbocycles. The van der Waals surface area contributed by atoms with Crippen LogP contribution < -0.4 is 14.4 Å². The van der Waals surface area contributed by atoms with Crippen LogP contribution in [0, 0.1) is 10.1 Å². The molecule has 0 spiro atoms. The molecule has 0 aliphatic rings. The van der Waals surface area contributed by atoms with E-state index in [1.54, 1.807) is 18.2 Å². The van der Waals surface area contributed by atoms with Crippen LogP contribution in [0.15, 0.2) is 36.4 Å². The van der Waals surface area contributed by atoms with Crippen LogP contribution >= 0.6 is 11.6 Å². The van der Waals surface area contributed by atoms with Crippen LogP contribution in [-0.2, 0) is 16.1 Å². The minimum atomic E-state index is -0.659. The van der Waals surface area contributed by atoms with E-state index in [0.717, 1.165) is 19.3 Å². The molecular formula is C22H25ClN2O6. The Morgan fingerprint density at radius 3 is 2.48 bits per heavy atom. The van der Waals surface area contributed by atoms with Crippen molar-refractivity contribution in [3.05, 3.63) is 57.1 Å². The largest absolute Gasteiger partial charge is 0.494 e. The van der Waals surface area contributed by atoms with Gasteiger partial charge in [0.05, 0.1) is 18.1 Å². The molecule has 8 nitrogen and oxygen atoms in total. The molecule has 0 radical (unpaired) electrons. The van der Waals surface area contributed by atoms with Crippen LogP contribution in [0.3, 0.4) is 0 Å². The van der Waals surface area contributed by atoms with E-state index in [-0.39, 0.29) is 23.7 Å².